The molecule has 1 N–H and O–H groups in total. The highest BCUT2D eigenvalue weighted by Crippen LogP contribution is 2.22. The third kappa shape index (κ3) is 5.81. The maximum absolute atomic E-state index is 14.3. The van der Waals surface area contributed by atoms with E-state index in [0.29, 0.717) is 19.6 Å². The van der Waals surface area contributed by atoms with Crippen LogP contribution in [0.25, 0.3) is 6.08 Å². The molecule has 1 fully saturated rings. The van der Waals surface area contributed by atoms with Crippen LogP contribution >= 0.6 is 0 Å². The van der Waals surface area contributed by atoms with Crippen molar-refractivity contribution in [3.05, 3.63) is 41.2 Å². The second-order valence-electron chi connectivity index (χ2n) is 8.01. The van der Waals surface area contributed by atoms with Crippen LogP contribution in [0.3, 0.4) is 0 Å². The Balaban J connectivity index is 1.89. The van der Waals surface area contributed by atoms with Gasteiger partial charge in [0, 0.05) is 19.6 Å². The van der Waals surface area contributed by atoms with Crippen molar-refractivity contribution in [2.45, 2.75) is 46.1 Å². The monoisotopic (exact) mass is 376 g/mol. The number of amides is 2. The molecule has 1 aromatic rings. The summed E-state index contributed by atoms with van der Waals surface area (Å²) in [6.07, 6.45) is 2.70. The Morgan fingerprint density at radius 2 is 1.96 bits per heavy atom. The van der Waals surface area contributed by atoms with Gasteiger partial charge in [-0.2, -0.15) is 0 Å². The lowest BCUT2D eigenvalue weighted by Gasteiger charge is -2.32. The van der Waals surface area contributed by atoms with E-state index in [0.717, 1.165) is 24.0 Å². The number of halogens is 1. The highest BCUT2D eigenvalue weighted by atomic mass is 19.1. The zero-order valence-electron chi connectivity index (χ0n) is 16.6. The molecule has 2 amide bonds. The molecule has 1 aliphatic heterocycles. The highest BCUT2D eigenvalue weighted by molar-refractivity contribution is 5.95. The van der Waals surface area contributed by atoms with E-state index in [4.69, 9.17) is 4.74 Å². The lowest BCUT2D eigenvalue weighted by molar-refractivity contribution is 0.0499. The second-order valence-corrected chi connectivity index (χ2v) is 8.01. The molecule has 1 aliphatic rings. The summed E-state index contributed by atoms with van der Waals surface area (Å²) in [7, 11) is 0. The molecule has 6 heteroatoms. The molecule has 1 aromatic carbocycles. The molecule has 0 aromatic heterocycles. The SMILES string of the molecule is C=Cc1cc(C(=O)N2CCC(CNC(=O)OC(C)(C)C)CC2)c(F)cc1C. The van der Waals surface area contributed by atoms with E-state index in [1.54, 1.807) is 24.0 Å². The summed E-state index contributed by atoms with van der Waals surface area (Å²) < 4.78 is 19.5. The summed E-state index contributed by atoms with van der Waals surface area (Å²) in [6, 6.07) is 2.94. The largest absolute Gasteiger partial charge is 0.444 e. The van der Waals surface area contributed by atoms with Gasteiger partial charge in [-0.1, -0.05) is 12.7 Å². The number of hydrogen-bond acceptors (Lipinski definition) is 3. The van der Waals surface area contributed by atoms with Gasteiger partial charge in [0.1, 0.15) is 11.4 Å². The number of rotatable bonds is 4. The number of nitrogens with zero attached hydrogens (tertiary/aromatic N) is 1. The number of likely N-dealkylation sites (tertiary alicyclic amines) is 1. The third-order valence-electron chi connectivity index (χ3n) is 4.64. The van der Waals surface area contributed by atoms with Gasteiger partial charge in [0.2, 0.25) is 0 Å². The van der Waals surface area contributed by atoms with Gasteiger partial charge in [-0.15, -0.1) is 0 Å². The number of carbonyl (C=O) groups excluding carboxylic acids is 2. The van der Waals surface area contributed by atoms with Gasteiger partial charge < -0.3 is 15.0 Å². The summed E-state index contributed by atoms with van der Waals surface area (Å²) in [4.78, 5) is 26.1. The Bertz CT molecular complexity index is 717. The van der Waals surface area contributed by atoms with Crippen LogP contribution in [0.4, 0.5) is 9.18 Å². The molecule has 0 unspecified atom stereocenters. The van der Waals surface area contributed by atoms with Gasteiger partial charge in [0.25, 0.3) is 5.91 Å². The molecule has 5 nitrogen and oxygen atoms in total. The highest BCUT2D eigenvalue weighted by Gasteiger charge is 2.26. The number of piperidine rings is 1. The zero-order chi connectivity index (χ0) is 20.2. The number of hydrogen-bond donors (Lipinski definition) is 1. The zero-order valence-corrected chi connectivity index (χ0v) is 16.6. The molecule has 0 atom stereocenters. The first-order chi connectivity index (χ1) is 12.6. The molecule has 0 spiro atoms. The van der Waals surface area contributed by atoms with Crippen LogP contribution < -0.4 is 5.32 Å². The second kappa shape index (κ2) is 8.55. The topological polar surface area (TPSA) is 58.6 Å². The molecule has 0 aliphatic carbocycles. The first-order valence-electron chi connectivity index (χ1n) is 9.29. The number of aryl methyl sites for hydroxylation is 1. The summed E-state index contributed by atoms with van der Waals surface area (Å²) in [6.45, 7) is 12.5. The maximum Gasteiger partial charge on any atom is 0.407 e. The lowest BCUT2D eigenvalue weighted by atomic mass is 9.95. The minimum absolute atomic E-state index is 0.0841. The third-order valence-corrected chi connectivity index (χ3v) is 4.64. The Hall–Kier alpha value is -2.37. The molecule has 148 valence electrons. The first kappa shape index (κ1) is 20.9. The van der Waals surface area contributed by atoms with Crippen molar-refractivity contribution in [2.75, 3.05) is 19.6 Å². The van der Waals surface area contributed by atoms with Crippen LogP contribution in [0.2, 0.25) is 0 Å². The number of carbonyl (C=O) groups is 2. The fraction of sp³-hybridized carbons (Fsp3) is 0.524. The van der Waals surface area contributed by atoms with E-state index in [2.05, 4.69) is 11.9 Å². The Morgan fingerprint density at radius 3 is 2.52 bits per heavy atom. The fourth-order valence-electron chi connectivity index (χ4n) is 3.13. The number of nitrogens with one attached hydrogen (secondary N) is 1. The lowest BCUT2D eigenvalue weighted by Crippen LogP contribution is -2.42. The quantitative estimate of drug-likeness (QED) is 0.859. The van der Waals surface area contributed by atoms with Crippen molar-refractivity contribution < 1.29 is 18.7 Å². The van der Waals surface area contributed by atoms with Crippen molar-refractivity contribution >= 4 is 18.1 Å². The van der Waals surface area contributed by atoms with Crippen LogP contribution in [-0.4, -0.2) is 42.1 Å². The van der Waals surface area contributed by atoms with Crippen LogP contribution in [0.1, 0.15) is 55.1 Å². The average Bonchev–Trinajstić information content (AvgIpc) is 2.58. The van der Waals surface area contributed by atoms with Crippen molar-refractivity contribution in [1.29, 1.82) is 0 Å². The van der Waals surface area contributed by atoms with Gasteiger partial charge >= 0.3 is 6.09 Å². The Labute approximate surface area is 160 Å². The van der Waals surface area contributed by atoms with Crippen molar-refractivity contribution in [2.24, 2.45) is 5.92 Å². The summed E-state index contributed by atoms with van der Waals surface area (Å²) in [5, 5.41) is 2.78. The molecule has 2 rings (SSSR count). The van der Waals surface area contributed by atoms with E-state index < -0.39 is 17.5 Å². The predicted molar refractivity (Wildman–Crippen MR) is 104 cm³/mol. The van der Waals surface area contributed by atoms with Gasteiger partial charge in [-0.25, -0.2) is 9.18 Å². The smallest absolute Gasteiger partial charge is 0.407 e. The minimum atomic E-state index is -0.526. The van der Waals surface area contributed by atoms with E-state index in [9.17, 15) is 14.0 Å². The summed E-state index contributed by atoms with van der Waals surface area (Å²) in [5.74, 6) is -0.529. The fourth-order valence-corrected chi connectivity index (χ4v) is 3.13. The normalized spacial score (nSPS) is 15.4. The molecule has 0 radical (unpaired) electrons. The first-order valence-corrected chi connectivity index (χ1v) is 9.29. The molecule has 1 heterocycles. The molecule has 1 saturated heterocycles. The van der Waals surface area contributed by atoms with E-state index in [-0.39, 0.29) is 17.4 Å². The van der Waals surface area contributed by atoms with Gasteiger partial charge in [0.15, 0.2) is 0 Å². The summed E-state index contributed by atoms with van der Waals surface area (Å²) >= 11 is 0. The molecular formula is C21H29FN2O3. The number of alkyl carbamates (subject to hydrolysis) is 1. The Morgan fingerprint density at radius 1 is 1.33 bits per heavy atom. The molecular weight excluding hydrogens is 347 g/mol. The molecule has 0 saturated carbocycles. The van der Waals surface area contributed by atoms with Gasteiger partial charge in [0.05, 0.1) is 5.56 Å². The van der Waals surface area contributed by atoms with Crippen LogP contribution in [0.15, 0.2) is 18.7 Å². The Kier molecular flexibility index (Phi) is 6.63. The van der Waals surface area contributed by atoms with Gasteiger partial charge in [-0.05, 0) is 69.7 Å². The molecule has 0 bridgehead atoms. The molecule has 27 heavy (non-hydrogen) atoms. The standard InChI is InChI=1S/C21H29FN2O3/c1-6-16-12-17(18(22)11-14(16)2)19(25)24-9-7-15(8-10-24)13-23-20(26)27-21(3,4)5/h6,11-12,15H,1,7-10,13H2,2-5H3,(H,23,26). The summed E-state index contributed by atoms with van der Waals surface area (Å²) in [5.41, 5.74) is 1.07. The van der Waals surface area contributed by atoms with E-state index in [1.807, 2.05) is 20.8 Å². The van der Waals surface area contributed by atoms with E-state index in [1.165, 1.54) is 6.07 Å². The van der Waals surface area contributed by atoms with Crippen molar-refractivity contribution in [1.82, 2.24) is 10.2 Å². The van der Waals surface area contributed by atoms with Crippen LogP contribution in [0, 0.1) is 18.7 Å². The predicted octanol–water partition coefficient (Wildman–Crippen LogP) is 4.15. The van der Waals surface area contributed by atoms with Crippen LogP contribution in [-0.2, 0) is 4.74 Å². The number of ether oxygens (including phenoxy) is 1. The minimum Gasteiger partial charge on any atom is -0.444 e. The van der Waals surface area contributed by atoms with Crippen molar-refractivity contribution in [3.63, 3.8) is 0 Å². The number of benzene rings is 1. The maximum atomic E-state index is 14.3. The van der Waals surface area contributed by atoms with Crippen LogP contribution in [0.5, 0.6) is 0 Å². The van der Waals surface area contributed by atoms with Crippen molar-refractivity contribution in [3.8, 4) is 0 Å². The average molecular weight is 376 g/mol. The van der Waals surface area contributed by atoms with Gasteiger partial charge in [-0.3, -0.25) is 4.79 Å². The van der Waals surface area contributed by atoms with E-state index >= 15 is 0 Å².